The minimum absolute atomic E-state index is 0.0810. The van der Waals surface area contributed by atoms with Crippen LogP contribution in [0, 0.1) is 18.2 Å². The van der Waals surface area contributed by atoms with E-state index in [9.17, 15) is 9.59 Å². The summed E-state index contributed by atoms with van der Waals surface area (Å²) in [6.45, 7) is 9.31. The molecule has 1 N–H and O–H groups in total. The third kappa shape index (κ3) is 5.65. The first-order valence-electron chi connectivity index (χ1n) is 18.5. The van der Waals surface area contributed by atoms with Gasteiger partial charge in [0, 0.05) is 92.9 Å². The Bertz CT molecular complexity index is 2150. The van der Waals surface area contributed by atoms with Crippen LogP contribution < -0.4 is 14.8 Å². The largest absolute Gasteiger partial charge is 0.481 e. The average Bonchev–Trinajstić information content (AvgIpc) is 3.71. The molecular formula is C41H44FN7O4. The van der Waals surface area contributed by atoms with Crippen molar-refractivity contribution in [3.63, 3.8) is 0 Å². The number of carbonyl (C=O) groups excluding carboxylic acids is 2. The van der Waals surface area contributed by atoms with E-state index in [1.807, 2.05) is 36.1 Å². The van der Waals surface area contributed by atoms with E-state index in [1.165, 1.54) is 5.56 Å². The fourth-order valence-electron chi connectivity index (χ4n) is 9.56. The lowest BCUT2D eigenvalue weighted by atomic mass is 9.73. The second-order valence-electron chi connectivity index (χ2n) is 15.8. The molecule has 2 spiro atoms. The lowest BCUT2D eigenvalue weighted by Gasteiger charge is -2.60. The van der Waals surface area contributed by atoms with Crippen LogP contribution in [0.3, 0.4) is 0 Å². The van der Waals surface area contributed by atoms with Crippen molar-refractivity contribution < 1.29 is 23.5 Å². The summed E-state index contributed by atoms with van der Waals surface area (Å²) in [5.41, 5.74) is 7.79. The van der Waals surface area contributed by atoms with Gasteiger partial charge in [-0.1, -0.05) is 30.3 Å². The van der Waals surface area contributed by atoms with Crippen LogP contribution in [0.1, 0.15) is 54.6 Å². The molecule has 5 aliphatic rings. The number of fused-ring (bicyclic) bond motifs is 1. The van der Waals surface area contributed by atoms with Gasteiger partial charge >= 0.3 is 0 Å². The molecule has 4 aromatic rings. The summed E-state index contributed by atoms with van der Waals surface area (Å²) in [6.07, 6.45) is 5.02. The maximum absolute atomic E-state index is 16.6. The van der Waals surface area contributed by atoms with Crippen molar-refractivity contribution in [2.24, 2.45) is 5.41 Å². The van der Waals surface area contributed by atoms with Crippen molar-refractivity contribution in [3.8, 4) is 45.4 Å². The highest BCUT2D eigenvalue weighted by molar-refractivity contribution is 5.81. The van der Waals surface area contributed by atoms with Gasteiger partial charge in [-0.2, -0.15) is 0 Å². The number of pyridine rings is 1. The number of aromatic nitrogens is 3. The predicted molar refractivity (Wildman–Crippen MR) is 197 cm³/mol. The van der Waals surface area contributed by atoms with Crippen molar-refractivity contribution >= 4 is 11.8 Å². The first-order valence-corrected chi connectivity index (χ1v) is 18.5. The molecule has 6 heterocycles. The fourth-order valence-corrected chi connectivity index (χ4v) is 9.56. The smallest absolute Gasteiger partial charge is 0.237 e. The SMILES string of the molecule is COc1nc(-c2cccc(-c3cccc(-c4cc5c(c(OC)n4)C(N4CC6(CCC(=O)N6)C4)CC5)c3C)c2F)cnc1CN1CC2(C1)CN(C(C)=O)C2. The van der Waals surface area contributed by atoms with E-state index in [2.05, 4.69) is 26.2 Å². The molecule has 53 heavy (non-hydrogen) atoms. The Morgan fingerprint density at radius 1 is 0.925 bits per heavy atom. The standard InChI is InChI=1S/C41H44FN7O4/c1-24-27(7-5-8-28(24)31-15-26-11-12-34(36(26)39(44-31)53-4)49-22-41(23-49)14-13-35(51)46-41)29-9-6-10-30(37(29)42)32-16-43-33(38(45-32)52-3)17-47-18-40(19-47)20-48(21-40)25(2)50/h5-10,15-16,34H,11-14,17-23H2,1-4H3,(H,46,51). The third-order valence-electron chi connectivity index (χ3n) is 12.2. The average molecular weight is 718 g/mol. The molecule has 2 aromatic heterocycles. The predicted octanol–water partition coefficient (Wildman–Crippen LogP) is 4.95. The molecule has 11 nitrogen and oxygen atoms in total. The normalized spacial score (nSPS) is 21.2. The van der Waals surface area contributed by atoms with Gasteiger partial charge in [-0.25, -0.2) is 14.4 Å². The maximum atomic E-state index is 16.6. The molecule has 274 valence electrons. The zero-order valence-corrected chi connectivity index (χ0v) is 30.7. The monoisotopic (exact) mass is 717 g/mol. The van der Waals surface area contributed by atoms with Crippen molar-refractivity contribution in [1.29, 1.82) is 0 Å². The highest BCUT2D eigenvalue weighted by atomic mass is 19.1. The molecule has 1 unspecified atom stereocenters. The number of likely N-dealkylation sites (tertiary alicyclic amines) is 3. The van der Waals surface area contributed by atoms with Gasteiger partial charge in [0.1, 0.15) is 11.5 Å². The fraction of sp³-hybridized carbons (Fsp3) is 0.439. The van der Waals surface area contributed by atoms with E-state index in [-0.39, 0.29) is 34.6 Å². The Labute approximate surface area is 308 Å². The number of benzene rings is 2. The molecule has 9 rings (SSSR count). The third-order valence-corrected chi connectivity index (χ3v) is 12.2. The summed E-state index contributed by atoms with van der Waals surface area (Å²) in [4.78, 5) is 44.6. The molecule has 4 aliphatic heterocycles. The quantitative estimate of drug-likeness (QED) is 0.271. The van der Waals surface area contributed by atoms with Gasteiger partial charge in [0.25, 0.3) is 0 Å². The summed E-state index contributed by atoms with van der Waals surface area (Å²) < 4.78 is 28.1. The van der Waals surface area contributed by atoms with Crippen LogP contribution in [0.5, 0.6) is 11.8 Å². The molecule has 12 heteroatoms. The Kier molecular flexibility index (Phi) is 8.04. The molecule has 2 amide bonds. The number of ether oxygens (including phenoxy) is 2. The lowest BCUT2D eigenvalue weighted by Crippen LogP contribution is -2.72. The van der Waals surface area contributed by atoms with E-state index in [1.54, 1.807) is 39.5 Å². The summed E-state index contributed by atoms with van der Waals surface area (Å²) in [5, 5.41) is 3.19. The van der Waals surface area contributed by atoms with Crippen LogP contribution in [-0.2, 0) is 22.6 Å². The second kappa shape index (κ2) is 12.6. The molecule has 0 radical (unpaired) electrons. The summed E-state index contributed by atoms with van der Waals surface area (Å²) in [7, 11) is 3.23. The second-order valence-corrected chi connectivity index (χ2v) is 15.8. The van der Waals surface area contributed by atoms with E-state index in [4.69, 9.17) is 19.4 Å². The van der Waals surface area contributed by atoms with Crippen LogP contribution in [0.2, 0.25) is 0 Å². The van der Waals surface area contributed by atoms with Gasteiger partial charge in [0.2, 0.25) is 23.6 Å². The number of rotatable bonds is 8. The first kappa shape index (κ1) is 33.9. The molecule has 0 bridgehead atoms. The first-order chi connectivity index (χ1) is 25.6. The zero-order valence-electron chi connectivity index (χ0n) is 30.7. The van der Waals surface area contributed by atoms with Crippen LogP contribution in [0.25, 0.3) is 33.6 Å². The lowest BCUT2D eigenvalue weighted by molar-refractivity contribution is -0.157. The van der Waals surface area contributed by atoms with Crippen molar-refractivity contribution in [2.75, 3.05) is 53.5 Å². The molecule has 4 saturated heterocycles. The van der Waals surface area contributed by atoms with Gasteiger partial charge in [-0.3, -0.25) is 24.4 Å². The Morgan fingerprint density at radius 3 is 2.32 bits per heavy atom. The number of methoxy groups -OCH3 is 2. The number of amides is 2. The number of halogens is 1. The van der Waals surface area contributed by atoms with E-state index < -0.39 is 0 Å². The number of nitrogens with one attached hydrogen (secondary N) is 1. The van der Waals surface area contributed by atoms with Gasteiger partial charge in [0.15, 0.2) is 0 Å². The van der Waals surface area contributed by atoms with Crippen LogP contribution >= 0.6 is 0 Å². The van der Waals surface area contributed by atoms with Gasteiger partial charge < -0.3 is 19.7 Å². The molecule has 1 atom stereocenters. The molecular weight excluding hydrogens is 673 g/mol. The highest BCUT2D eigenvalue weighted by Crippen LogP contribution is 2.47. The molecule has 0 saturated carbocycles. The summed E-state index contributed by atoms with van der Waals surface area (Å²) in [5.74, 6) is 0.901. The van der Waals surface area contributed by atoms with Crippen LogP contribution in [-0.4, -0.2) is 100 Å². The Hall–Kier alpha value is -4.94. The molecule has 2 aromatic carbocycles. The highest BCUT2D eigenvalue weighted by Gasteiger charge is 2.53. The number of hydrogen-bond donors (Lipinski definition) is 1. The van der Waals surface area contributed by atoms with E-state index in [0.717, 1.165) is 86.5 Å². The molecule has 1 aliphatic carbocycles. The topological polar surface area (TPSA) is 113 Å². The minimum Gasteiger partial charge on any atom is -0.481 e. The Morgan fingerprint density at radius 2 is 1.62 bits per heavy atom. The van der Waals surface area contributed by atoms with Gasteiger partial charge in [-0.05, 0) is 55.0 Å². The van der Waals surface area contributed by atoms with Crippen molar-refractivity contribution in [1.82, 2.24) is 35.0 Å². The number of hydrogen-bond acceptors (Lipinski definition) is 9. The van der Waals surface area contributed by atoms with Gasteiger partial charge in [0.05, 0.1) is 37.3 Å². The maximum Gasteiger partial charge on any atom is 0.237 e. The summed E-state index contributed by atoms with van der Waals surface area (Å²) >= 11 is 0. The minimum atomic E-state index is -0.380. The van der Waals surface area contributed by atoms with Gasteiger partial charge in [-0.15, -0.1) is 0 Å². The number of carbonyl (C=O) groups is 2. The Balaban J connectivity index is 0.956. The van der Waals surface area contributed by atoms with Crippen LogP contribution in [0.15, 0.2) is 48.7 Å². The van der Waals surface area contributed by atoms with E-state index >= 15 is 4.39 Å². The van der Waals surface area contributed by atoms with Crippen molar-refractivity contribution in [2.45, 2.75) is 57.7 Å². The van der Waals surface area contributed by atoms with Crippen LogP contribution in [0.4, 0.5) is 4.39 Å². The molecule has 4 fully saturated rings. The number of aryl methyl sites for hydroxylation is 1. The zero-order chi connectivity index (χ0) is 36.6. The van der Waals surface area contributed by atoms with E-state index in [0.29, 0.717) is 47.2 Å². The van der Waals surface area contributed by atoms with Crippen molar-refractivity contribution in [3.05, 3.63) is 76.9 Å². The summed E-state index contributed by atoms with van der Waals surface area (Å²) in [6, 6.07) is 13.7. The number of nitrogens with zero attached hydrogens (tertiary/aromatic N) is 6.